The predicted molar refractivity (Wildman–Crippen MR) is 86.7 cm³/mol. The average molecular weight is 314 g/mol. The van der Waals surface area contributed by atoms with Crippen LogP contribution in [0, 0.1) is 5.92 Å². The fourth-order valence-corrected chi connectivity index (χ4v) is 3.71. The molecule has 5 heteroatoms. The van der Waals surface area contributed by atoms with Crippen LogP contribution in [0.1, 0.15) is 56.7 Å². The molecule has 1 aromatic rings. The molecule has 21 heavy (non-hydrogen) atoms. The summed E-state index contributed by atoms with van der Waals surface area (Å²) in [4.78, 5) is 0. The molecule has 0 amide bonds. The van der Waals surface area contributed by atoms with Crippen molar-refractivity contribution in [2.45, 2.75) is 57.5 Å². The first-order valence-corrected chi connectivity index (χ1v) is 8.53. The second-order valence-corrected chi connectivity index (χ2v) is 6.37. The highest BCUT2D eigenvalue weighted by molar-refractivity contribution is 6.31. The Morgan fingerprint density at radius 2 is 2.00 bits per heavy atom. The van der Waals surface area contributed by atoms with Crippen molar-refractivity contribution in [1.82, 2.24) is 15.1 Å². The molecule has 1 aliphatic rings. The molecule has 0 radical (unpaired) electrons. The second kappa shape index (κ2) is 8.76. The lowest BCUT2D eigenvalue weighted by Gasteiger charge is -2.29. The molecule has 2 rings (SSSR count). The van der Waals surface area contributed by atoms with E-state index in [0.717, 1.165) is 17.3 Å². The maximum Gasteiger partial charge on any atom is 0.0834 e. The van der Waals surface area contributed by atoms with Crippen molar-refractivity contribution < 1.29 is 4.74 Å². The SMILES string of the molecule is CNC(c1c(Cl)cnn1CCOC)C1CCCCCCC1. The summed E-state index contributed by atoms with van der Waals surface area (Å²) in [6.07, 6.45) is 11.1. The van der Waals surface area contributed by atoms with E-state index in [1.54, 1.807) is 13.3 Å². The van der Waals surface area contributed by atoms with E-state index in [0.29, 0.717) is 12.5 Å². The summed E-state index contributed by atoms with van der Waals surface area (Å²) >= 11 is 6.43. The van der Waals surface area contributed by atoms with Gasteiger partial charge in [-0.2, -0.15) is 5.10 Å². The first-order chi connectivity index (χ1) is 10.3. The van der Waals surface area contributed by atoms with Gasteiger partial charge in [-0.15, -0.1) is 0 Å². The predicted octanol–water partition coefficient (Wildman–Crippen LogP) is 3.80. The van der Waals surface area contributed by atoms with Crippen LogP contribution in [0.25, 0.3) is 0 Å². The topological polar surface area (TPSA) is 39.1 Å². The van der Waals surface area contributed by atoms with Gasteiger partial charge in [0.25, 0.3) is 0 Å². The summed E-state index contributed by atoms with van der Waals surface area (Å²) < 4.78 is 7.19. The molecule has 1 N–H and O–H groups in total. The van der Waals surface area contributed by atoms with E-state index in [1.165, 1.54) is 44.9 Å². The number of nitrogens with zero attached hydrogens (tertiary/aromatic N) is 2. The lowest BCUT2D eigenvalue weighted by Crippen LogP contribution is -2.29. The van der Waals surface area contributed by atoms with Crippen molar-refractivity contribution in [3.05, 3.63) is 16.9 Å². The highest BCUT2D eigenvalue weighted by atomic mass is 35.5. The van der Waals surface area contributed by atoms with Gasteiger partial charge in [0.15, 0.2) is 0 Å². The zero-order valence-electron chi connectivity index (χ0n) is 13.3. The molecular formula is C16H28ClN3O. The van der Waals surface area contributed by atoms with Crippen molar-refractivity contribution in [2.75, 3.05) is 20.8 Å². The fourth-order valence-electron chi connectivity index (χ4n) is 3.45. The van der Waals surface area contributed by atoms with Gasteiger partial charge in [0.2, 0.25) is 0 Å². The van der Waals surface area contributed by atoms with Crippen LogP contribution in [-0.4, -0.2) is 30.5 Å². The van der Waals surface area contributed by atoms with Crippen LogP contribution in [0.15, 0.2) is 6.20 Å². The molecule has 1 aliphatic carbocycles. The van der Waals surface area contributed by atoms with Gasteiger partial charge in [-0.3, -0.25) is 4.68 Å². The first kappa shape index (κ1) is 16.8. The minimum absolute atomic E-state index is 0.287. The van der Waals surface area contributed by atoms with Gasteiger partial charge in [-0.25, -0.2) is 0 Å². The summed E-state index contributed by atoms with van der Waals surface area (Å²) in [6.45, 7) is 1.41. The summed E-state index contributed by atoms with van der Waals surface area (Å²) in [5.41, 5.74) is 1.13. The van der Waals surface area contributed by atoms with Crippen LogP contribution < -0.4 is 5.32 Å². The average Bonchev–Trinajstić information content (AvgIpc) is 2.81. The molecule has 1 fully saturated rings. The maximum atomic E-state index is 6.43. The minimum atomic E-state index is 0.287. The first-order valence-electron chi connectivity index (χ1n) is 8.15. The fraction of sp³-hybridized carbons (Fsp3) is 0.812. The molecule has 0 spiro atoms. The third kappa shape index (κ3) is 4.44. The van der Waals surface area contributed by atoms with Gasteiger partial charge < -0.3 is 10.1 Å². The molecule has 1 saturated carbocycles. The standard InChI is InChI=1S/C16H28ClN3O/c1-18-15(13-8-6-4-3-5-7-9-13)16-14(17)12-19-20(16)10-11-21-2/h12-13,15,18H,3-11H2,1-2H3. The summed E-state index contributed by atoms with van der Waals surface area (Å²) in [6, 6.07) is 0.287. The zero-order valence-corrected chi connectivity index (χ0v) is 14.0. The van der Waals surface area contributed by atoms with Crippen LogP contribution in [0.5, 0.6) is 0 Å². The van der Waals surface area contributed by atoms with E-state index in [9.17, 15) is 0 Å². The third-order valence-corrected chi connectivity index (χ3v) is 4.86. The van der Waals surface area contributed by atoms with Crippen LogP contribution in [-0.2, 0) is 11.3 Å². The van der Waals surface area contributed by atoms with E-state index in [2.05, 4.69) is 10.4 Å². The largest absolute Gasteiger partial charge is 0.383 e. The van der Waals surface area contributed by atoms with Crippen LogP contribution >= 0.6 is 11.6 Å². The van der Waals surface area contributed by atoms with E-state index >= 15 is 0 Å². The molecule has 0 bridgehead atoms. The molecular weight excluding hydrogens is 286 g/mol. The second-order valence-electron chi connectivity index (χ2n) is 5.97. The van der Waals surface area contributed by atoms with E-state index in [-0.39, 0.29) is 6.04 Å². The number of rotatable bonds is 6. The Morgan fingerprint density at radius 1 is 1.33 bits per heavy atom. The molecule has 120 valence electrons. The monoisotopic (exact) mass is 313 g/mol. The third-order valence-electron chi connectivity index (χ3n) is 4.57. The number of nitrogens with one attached hydrogen (secondary N) is 1. The Morgan fingerprint density at radius 3 is 2.62 bits per heavy atom. The molecule has 1 heterocycles. The van der Waals surface area contributed by atoms with Gasteiger partial charge in [-0.1, -0.05) is 43.7 Å². The Kier molecular flexibility index (Phi) is 7.00. The molecule has 0 saturated heterocycles. The minimum Gasteiger partial charge on any atom is -0.383 e. The Balaban J connectivity index is 2.16. The summed E-state index contributed by atoms with van der Waals surface area (Å²) in [7, 11) is 3.75. The Hall–Kier alpha value is -0.580. The molecule has 0 aliphatic heterocycles. The van der Waals surface area contributed by atoms with Crippen LogP contribution in [0.3, 0.4) is 0 Å². The highest BCUT2D eigenvalue weighted by Crippen LogP contribution is 2.35. The molecule has 1 atom stereocenters. The summed E-state index contributed by atoms with van der Waals surface area (Å²) in [5, 5.41) is 8.69. The number of hydrogen-bond donors (Lipinski definition) is 1. The van der Waals surface area contributed by atoms with Crippen LogP contribution in [0.2, 0.25) is 5.02 Å². The van der Waals surface area contributed by atoms with Crippen LogP contribution in [0.4, 0.5) is 0 Å². The van der Waals surface area contributed by atoms with Gasteiger partial charge >= 0.3 is 0 Å². The number of methoxy groups -OCH3 is 1. The van der Waals surface area contributed by atoms with Crippen molar-refractivity contribution in [3.8, 4) is 0 Å². The van der Waals surface area contributed by atoms with Crippen molar-refractivity contribution in [3.63, 3.8) is 0 Å². The highest BCUT2D eigenvalue weighted by Gasteiger charge is 2.27. The maximum absolute atomic E-state index is 6.43. The van der Waals surface area contributed by atoms with E-state index in [1.807, 2.05) is 11.7 Å². The number of aromatic nitrogens is 2. The zero-order chi connectivity index (χ0) is 15.1. The van der Waals surface area contributed by atoms with Crippen molar-refractivity contribution in [2.24, 2.45) is 5.92 Å². The number of hydrogen-bond acceptors (Lipinski definition) is 3. The number of halogens is 1. The quantitative estimate of drug-likeness (QED) is 0.868. The lowest BCUT2D eigenvalue weighted by atomic mass is 9.84. The smallest absolute Gasteiger partial charge is 0.0834 e. The van der Waals surface area contributed by atoms with E-state index in [4.69, 9.17) is 16.3 Å². The molecule has 4 nitrogen and oxygen atoms in total. The Bertz CT molecular complexity index is 414. The van der Waals surface area contributed by atoms with Crippen molar-refractivity contribution in [1.29, 1.82) is 0 Å². The van der Waals surface area contributed by atoms with Gasteiger partial charge in [0.05, 0.1) is 36.1 Å². The van der Waals surface area contributed by atoms with Gasteiger partial charge in [0.1, 0.15) is 0 Å². The van der Waals surface area contributed by atoms with Gasteiger partial charge in [0, 0.05) is 7.11 Å². The Labute approximate surface area is 133 Å². The normalized spacial score (nSPS) is 19.2. The summed E-state index contributed by atoms with van der Waals surface area (Å²) in [5.74, 6) is 0.644. The molecule has 1 unspecified atom stereocenters. The van der Waals surface area contributed by atoms with Gasteiger partial charge in [-0.05, 0) is 25.8 Å². The lowest BCUT2D eigenvalue weighted by molar-refractivity contribution is 0.180. The molecule has 0 aromatic carbocycles. The molecule has 1 aromatic heterocycles. The number of ether oxygens (including phenoxy) is 1. The van der Waals surface area contributed by atoms with Crippen molar-refractivity contribution >= 4 is 11.6 Å². The van der Waals surface area contributed by atoms with E-state index < -0.39 is 0 Å².